The number of nitrogens with one attached hydrogen (secondary N) is 3. The maximum Gasteiger partial charge on any atom is 0.315 e. The molecule has 1 aromatic rings. The smallest absolute Gasteiger partial charge is 0.315 e. The molecule has 0 bridgehead atoms. The van der Waals surface area contributed by atoms with E-state index in [1.54, 1.807) is 11.4 Å². The number of amides is 5. The van der Waals surface area contributed by atoms with Crippen molar-refractivity contribution in [2.24, 2.45) is 40.2 Å². The fraction of sp³-hybridized carbons (Fsp3) is 0.719. The number of fused-ring (bicyclic) bond motifs is 1. The van der Waals surface area contributed by atoms with E-state index in [2.05, 4.69) is 16.0 Å². The Labute approximate surface area is 281 Å². The molecule has 1 saturated heterocycles. The largest absolute Gasteiger partial charge is 0.363 e. The number of nitrogens with zero attached hydrogens (tertiary/aromatic N) is 2. The molecule has 2 saturated carbocycles. The number of sulfonamides is 1. The summed E-state index contributed by atoms with van der Waals surface area (Å²) in [6.07, 6.45) is 2.05. The second-order valence-corrected chi connectivity index (χ2v) is 18.3. The first kappa shape index (κ1) is 36.8. The third kappa shape index (κ3) is 7.67. The van der Waals surface area contributed by atoms with Crippen LogP contribution in [0, 0.1) is 34.5 Å². The Hall–Kier alpha value is -3.04. The second kappa shape index (κ2) is 13.5. The number of primary amides is 1. The van der Waals surface area contributed by atoms with Crippen LogP contribution in [0.25, 0.3) is 0 Å². The fourth-order valence-electron chi connectivity index (χ4n) is 6.78. The molecule has 4 rings (SSSR count). The number of ketones is 1. The maximum absolute atomic E-state index is 14.3. The van der Waals surface area contributed by atoms with Gasteiger partial charge in [0.2, 0.25) is 17.6 Å². The second-order valence-electron chi connectivity index (χ2n) is 15.1. The van der Waals surface area contributed by atoms with E-state index in [-0.39, 0.29) is 39.8 Å². The Morgan fingerprint density at radius 2 is 1.77 bits per heavy atom. The third-order valence-electron chi connectivity index (χ3n) is 10.3. The molecular formula is C32H50N6O7S2. The van der Waals surface area contributed by atoms with E-state index < -0.39 is 69.1 Å². The minimum atomic E-state index is -3.75. The quantitative estimate of drug-likeness (QED) is 0.214. The number of hydrogen-bond donors (Lipinski definition) is 4. The Bertz CT molecular complexity index is 1490. The molecule has 1 unspecified atom stereocenters. The number of urea groups is 1. The summed E-state index contributed by atoms with van der Waals surface area (Å²) >= 11 is 1.12. The number of rotatable bonds is 14. The number of piperidine rings is 1. The number of hydrogen-bond acceptors (Lipinski definition) is 8. The predicted molar refractivity (Wildman–Crippen MR) is 177 cm³/mol. The number of likely N-dealkylation sites (N-methyl/N-ethyl adjacent to an activating group) is 1. The minimum absolute atomic E-state index is 0.0236. The molecule has 0 aromatic carbocycles. The Kier molecular flexibility index (Phi) is 10.5. The lowest BCUT2D eigenvalue weighted by Crippen LogP contribution is -2.62. The molecule has 262 valence electrons. The highest BCUT2D eigenvalue weighted by Gasteiger charge is 2.70. The Balaban J connectivity index is 1.51. The van der Waals surface area contributed by atoms with Gasteiger partial charge in [-0.25, -0.2) is 13.2 Å². The van der Waals surface area contributed by atoms with Gasteiger partial charge in [-0.15, -0.1) is 11.3 Å². The summed E-state index contributed by atoms with van der Waals surface area (Å²) in [5, 5.41) is 10.2. The van der Waals surface area contributed by atoms with Crippen LogP contribution >= 0.6 is 11.3 Å². The number of Topliss-reactive ketones (excluding diaryl/α,β-unsaturated/α-hetero) is 1. The average molecular weight is 695 g/mol. The van der Waals surface area contributed by atoms with Gasteiger partial charge in [0.05, 0.1) is 0 Å². The van der Waals surface area contributed by atoms with Crippen LogP contribution in [0.2, 0.25) is 0 Å². The predicted octanol–water partition coefficient (Wildman–Crippen LogP) is 1.93. The van der Waals surface area contributed by atoms with Gasteiger partial charge < -0.3 is 26.6 Å². The molecule has 13 nitrogen and oxygen atoms in total. The SMILES string of the molecule is CC[C@H](C)[C@@H](CN(C)S(=O)(=O)c1cccs1)NC(=O)N[C@H](C(=O)N1C[C@H]2[C@@H]([C@H]1C(=O)NC(C(=O)C(N)=O)C1CC1)C2(C)C)C(C)(C)C. The van der Waals surface area contributed by atoms with Gasteiger partial charge in [-0.05, 0) is 58.8 Å². The highest BCUT2D eigenvalue weighted by molar-refractivity contribution is 7.91. The van der Waals surface area contributed by atoms with Crippen LogP contribution in [0.4, 0.5) is 4.79 Å². The molecule has 2 heterocycles. The van der Waals surface area contributed by atoms with Crippen molar-refractivity contribution < 1.29 is 32.4 Å². The molecule has 2 aliphatic carbocycles. The van der Waals surface area contributed by atoms with Gasteiger partial charge in [-0.2, -0.15) is 4.31 Å². The fourth-order valence-corrected chi connectivity index (χ4v) is 9.18. The zero-order chi connectivity index (χ0) is 35.2. The Morgan fingerprint density at radius 3 is 2.28 bits per heavy atom. The van der Waals surface area contributed by atoms with Crippen LogP contribution in [0.15, 0.2) is 21.7 Å². The number of nitrogens with two attached hydrogens (primary N) is 1. The van der Waals surface area contributed by atoms with E-state index in [9.17, 15) is 32.4 Å². The topological polar surface area (TPSA) is 188 Å². The Morgan fingerprint density at radius 1 is 1.13 bits per heavy atom. The van der Waals surface area contributed by atoms with Gasteiger partial charge >= 0.3 is 6.03 Å². The summed E-state index contributed by atoms with van der Waals surface area (Å²) in [7, 11) is -2.28. The van der Waals surface area contributed by atoms with E-state index >= 15 is 0 Å². The van der Waals surface area contributed by atoms with E-state index in [0.717, 1.165) is 11.3 Å². The summed E-state index contributed by atoms with van der Waals surface area (Å²) < 4.78 is 27.6. The van der Waals surface area contributed by atoms with E-state index in [0.29, 0.717) is 25.8 Å². The summed E-state index contributed by atoms with van der Waals surface area (Å²) in [5.41, 5.74) is 4.30. The highest BCUT2D eigenvalue weighted by atomic mass is 32.2. The average Bonchev–Trinajstić information content (AvgIpc) is 3.71. The van der Waals surface area contributed by atoms with Crippen molar-refractivity contribution >= 4 is 50.9 Å². The number of thiophene rings is 1. The summed E-state index contributed by atoms with van der Waals surface area (Å²) in [6, 6.07) is -0.934. The van der Waals surface area contributed by atoms with Gasteiger partial charge in [0.1, 0.15) is 22.3 Å². The van der Waals surface area contributed by atoms with Crippen molar-refractivity contribution in [3.8, 4) is 0 Å². The molecule has 0 spiro atoms. The standard InChI is InChI=1S/C32H50N6O7S2/c1-9-17(2)20(16-37(8)47(44,45)21-11-10-14-46-21)34-30(43)36-26(31(3,4)5)29(42)38-15-19-22(32(19,6)7)24(38)28(41)35-23(18-12-13-18)25(39)27(33)40/h10-11,14,17-20,22-24,26H,9,12-13,15-16H2,1-8H3,(H2,33,40)(H,35,41)(H2,34,36,43)/t17-,19-,20+,22-,23?,24-,26+/m0/s1. The molecular weight excluding hydrogens is 645 g/mol. The van der Waals surface area contributed by atoms with Gasteiger partial charge in [0.25, 0.3) is 15.9 Å². The zero-order valence-electron chi connectivity index (χ0n) is 28.5. The summed E-state index contributed by atoms with van der Waals surface area (Å²) in [4.78, 5) is 67.4. The van der Waals surface area contributed by atoms with Crippen LogP contribution in [0.1, 0.15) is 67.7 Å². The van der Waals surface area contributed by atoms with Crippen molar-refractivity contribution in [2.75, 3.05) is 20.1 Å². The van der Waals surface area contributed by atoms with Gasteiger partial charge in [-0.3, -0.25) is 19.2 Å². The molecule has 5 amide bonds. The molecule has 3 fully saturated rings. The van der Waals surface area contributed by atoms with Crippen LogP contribution in [0.3, 0.4) is 0 Å². The zero-order valence-corrected chi connectivity index (χ0v) is 30.2. The van der Waals surface area contributed by atoms with Crippen molar-refractivity contribution in [1.82, 2.24) is 25.2 Å². The normalized spacial score (nSPS) is 24.4. The molecule has 5 N–H and O–H groups in total. The third-order valence-corrected chi connectivity index (χ3v) is 13.5. The molecule has 7 atom stereocenters. The molecule has 1 aliphatic heterocycles. The highest BCUT2D eigenvalue weighted by Crippen LogP contribution is 2.65. The lowest BCUT2D eigenvalue weighted by Gasteiger charge is -2.38. The lowest BCUT2D eigenvalue weighted by atomic mass is 9.85. The van der Waals surface area contributed by atoms with E-state index in [1.807, 2.05) is 48.5 Å². The van der Waals surface area contributed by atoms with E-state index in [4.69, 9.17) is 5.73 Å². The van der Waals surface area contributed by atoms with Crippen LogP contribution < -0.4 is 21.7 Å². The first-order chi connectivity index (χ1) is 21.7. The molecule has 0 radical (unpaired) electrons. The monoisotopic (exact) mass is 694 g/mol. The first-order valence-electron chi connectivity index (χ1n) is 16.2. The van der Waals surface area contributed by atoms with Crippen molar-refractivity contribution in [3.05, 3.63) is 17.5 Å². The van der Waals surface area contributed by atoms with Gasteiger partial charge in [0.15, 0.2) is 0 Å². The van der Waals surface area contributed by atoms with Crippen LogP contribution in [-0.4, -0.2) is 91.5 Å². The maximum atomic E-state index is 14.3. The summed E-state index contributed by atoms with van der Waals surface area (Å²) in [6.45, 7) is 13.7. The van der Waals surface area contributed by atoms with Crippen molar-refractivity contribution in [3.63, 3.8) is 0 Å². The van der Waals surface area contributed by atoms with Gasteiger partial charge in [0, 0.05) is 26.2 Å². The molecule has 1 aromatic heterocycles. The minimum Gasteiger partial charge on any atom is -0.363 e. The number of carbonyl (C=O) groups excluding carboxylic acids is 5. The van der Waals surface area contributed by atoms with Crippen LogP contribution in [-0.2, 0) is 29.2 Å². The van der Waals surface area contributed by atoms with Crippen molar-refractivity contribution in [1.29, 1.82) is 0 Å². The van der Waals surface area contributed by atoms with Crippen molar-refractivity contribution in [2.45, 2.75) is 96.1 Å². The lowest BCUT2D eigenvalue weighted by molar-refractivity contribution is -0.145. The molecule has 3 aliphatic rings. The summed E-state index contributed by atoms with van der Waals surface area (Å²) in [5.74, 6) is -3.26. The van der Waals surface area contributed by atoms with Gasteiger partial charge in [-0.1, -0.05) is 61.0 Å². The first-order valence-corrected chi connectivity index (χ1v) is 18.6. The molecule has 15 heteroatoms. The molecule has 47 heavy (non-hydrogen) atoms. The number of carbonyl (C=O) groups is 5. The number of likely N-dealkylation sites (tertiary alicyclic amines) is 1. The van der Waals surface area contributed by atoms with Crippen LogP contribution in [0.5, 0.6) is 0 Å². The van der Waals surface area contributed by atoms with E-state index in [1.165, 1.54) is 22.3 Å².